The summed E-state index contributed by atoms with van der Waals surface area (Å²) in [5, 5.41) is 6.82. The van der Waals surface area contributed by atoms with Crippen molar-refractivity contribution in [1.29, 1.82) is 0 Å². The molecule has 0 aliphatic carbocycles. The lowest BCUT2D eigenvalue weighted by Crippen LogP contribution is -2.31. The third-order valence-electron chi connectivity index (χ3n) is 4.56. The third kappa shape index (κ3) is 4.40. The van der Waals surface area contributed by atoms with E-state index >= 15 is 0 Å². The number of amides is 1. The first-order valence-corrected chi connectivity index (χ1v) is 9.41. The minimum Gasteiger partial charge on any atom is -0.486 e. The third-order valence-corrected chi connectivity index (χ3v) is 4.56. The summed E-state index contributed by atoms with van der Waals surface area (Å²) in [7, 11) is 0. The summed E-state index contributed by atoms with van der Waals surface area (Å²) in [6.07, 6.45) is 2.98. The summed E-state index contributed by atoms with van der Waals surface area (Å²) in [6, 6.07) is 11.9. The number of rotatable bonds is 6. The SMILES string of the molecule is C[C@@H](NC(=O)COC(=O)c1ccc(-n2cncn2)cc1)c1ccc2c(c1)OCCO2. The number of esters is 1. The number of benzene rings is 2. The van der Waals surface area contributed by atoms with Crippen molar-refractivity contribution in [3.05, 3.63) is 66.2 Å². The van der Waals surface area contributed by atoms with Gasteiger partial charge in [0.15, 0.2) is 18.1 Å². The van der Waals surface area contributed by atoms with Gasteiger partial charge in [-0.05, 0) is 48.9 Å². The molecule has 3 aromatic rings. The van der Waals surface area contributed by atoms with E-state index in [1.54, 1.807) is 35.3 Å². The second-order valence-electron chi connectivity index (χ2n) is 6.66. The highest BCUT2D eigenvalue weighted by Crippen LogP contribution is 2.32. The molecule has 1 aliphatic heterocycles. The van der Waals surface area contributed by atoms with Crippen LogP contribution in [0.15, 0.2) is 55.1 Å². The Balaban J connectivity index is 1.29. The highest BCUT2D eigenvalue weighted by atomic mass is 16.6. The molecule has 9 heteroatoms. The lowest BCUT2D eigenvalue weighted by atomic mass is 10.1. The van der Waals surface area contributed by atoms with Crippen LogP contribution in [-0.2, 0) is 9.53 Å². The fraction of sp³-hybridized carbons (Fsp3) is 0.238. The molecule has 1 N–H and O–H groups in total. The van der Waals surface area contributed by atoms with Gasteiger partial charge in [-0.15, -0.1) is 0 Å². The maximum absolute atomic E-state index is 12.2. The second-order valence-corrected chi connectivity index (χ2v) is 6.66. The van der Waals surface area contributed by atoms with Crippen molar-refractivity contribution in [3.63, 3.8) is 0 Å². The fourth-order valence-corrected chi connectivity index (χ4v) is 3.00. The Bertz CT molecular complexity index is 1030. The maximum Gasteiger partial charge on any atom is 0.338 e. The molecule has 9 nitrogen and oxygen atoms in total. The van der Waals surface area contributed by atoms with Crippen molar-refractivity contribution in [3.8, 4) is 17.2 Å². The van der Waals surface area contributed by atoms with Gasteiger partial charge < -0.3 is 19.5 Å². The van der Waals surface area contributed by atoms with Crippen LogP contribution in [0.5, 0.6) is 11.5 Å². The van der Waals surface area contributed by atoms with Gasteiger partial charge >= 0.3 is 5.97 Å². The quantitative estimate of drug-likeness (QED) is 0.623. The lowest BCUT2D eigenvalue weighted by Gasteiger charge is -2.21. The molecule has 0 saturated carbocycles. The summed E-state index contributed by atoms with van der Waals surface area (Å²) < 4.78 is 17.7. The topological polar surface area (TPSA) is 105 Å². The number of ether oxygens (including phenoxy) is 3. The fourth-order valence-electron chi connectivity index (χ4n) is 3.00. The molecule has 0 unspecified atom stereocenters. The molecule has 1 atom stereocenters. The largest absolute Gasteiger partial charge is 0.486 e. The average Bonchev–Trinajstić information content (AvgIpc) is 3.32. The van der Waals surface area contributed by atoms with Gasteiger partial charge in [-0.25, -0.2) is 14.5 Å². The Hall–Kier alpha value is -3.88. The average molecular weight is 408 g/mol. The zero-order chi connectivity index (χ0) is 20.9. The minimum absolute atomic E-state index is 0.283. The van der Waals surface area contributed by atoms with Crippen LogP contribution >= 0.6 is 0 Å². The Morgan fingerprint density at radius 3 is 2.63 bits per heavy atom. The number of hydrogen-bond acceptors (Lipinski definition) is 7. The molecule has 0 fully saturated rings. The first kappa shape index (κ1) is 19.4. The molecule has 30 heavy (non-hydrogen) atoms. The van der Waals surface area contributed by atoms with Crippen molar-refractivity contribution >= 4 is 11.9 Å². The van der Waals surface area contributed by atoms with Crippen molar-refractivity contribution in [2.45, 2.75) is 13.0 Å². The number of carbonyl (C=O) groups excluding carboxylic acids is 2. The molecule has 0 saturated heterocycles. The number of aromatic nitrogens is 3. The molecule has 0 bridgehead atoms. The van der Waals surface area contributed by atoms with Crippen LogP contribution in [0, 0.1) is 0 Å². The standard InChI is InChI=1S/C21H20N4O5/c1-14(16-4-7-18-19(10-16)29-9-8-28-18)24-20(26)11-30-21(27)15-2-5-17(6-3-15)25-13-22-12-23-25/h2-7,10,12-14H,8-9,11H2,1H3,(H,24,26)/t14-/m1/s1. The summed E-state index contributed by atoms with van der Waals surface area (Å²) in [6.45, 7) is 2.48. The molecule has 1 aromatic heterocycles. The van der Waals surface area contributed by atoms with E-state index in [0.29, 0.717) is 30.3 Å². The second kappa shape index (κ2) is 8.64. The van der Waals surface area contributed by atoms with Crippen LogP contribution in [0.4, 0.5) is 0 Å². The Kier molecular flexibility index (Phi) is 5.60. The smallest absolute Gasteiger partial charge is 0.338 e. The lowest BCUT2D eigenvalue weighted by molar-refractivity contribution is -0.124. The van der Waals surface area contributed by atoms with Crippen LogP contribution < -0.4 is 14.8 Å². The molecule has 2 heterocycles. The van der Waals surface area contributed by atoms with Crippen molar-refractivity contribution in [2.24, 2.45) is 0 Å². The van der Waals surface area contributed by atoms with E-state index in [0.717, 1.165) is 11.3 Å². The number of nitrogens with one attached hydrogen (secondary N) is 1. The molecule has 1 aliphatic rings. The number of nitrogens with zero attached hydrogens (tertiary/aromatic N) is 3. The van der Waals surface area contributed by atoms with Crippen molar-refractivity contribution < 1.29 is 23.8 Å². The Morgan fingerprint density at radius 2 is 1.90 bits per heavy atom. The van der Waals surface area contributed by atoms with Crippen LogP contribution in [0.25, 0.3) is 5.69 Å². The zero-order valence-electron chi connectivity index (χ0n) is 16.3. The van der Waals surface area contributed by atoms with Gasteiger partial charge in [0.25, 0.3) is 5.91 Å². The van der Waals surface area contributed by atoms with Gasteiger partial charge in [-0.1, -0.05) is 6.07 Å². The van der Waals surface area contributed by atoms with Gasteiger partial charge in [0.1, 0.15) is 25.9 Å². The predicted molar refractivity (Wildman–Crippen MR) is 106 cm³/mol. The monoisotopic (exact) mass is 408 g/mol. The first-order chi connectivity index (χ1) is 14.6. The van der Waals surface area contributed by atoms with E-state index in [4.69, 9.17) is 14.2 Å². The maximum atomic E-state index is 12.2. The highest BCUT2D eigenvalue weighted by Gasteiger charge is 2.17. The predicted octanol–water partition coefficient (Wildman–Crippen LogP) is 2.07. The molecule has 2 aromatic carbocycles. The molecule has 0 spiro atoms. The van der Waals surface area contributed by atoms with E-state index < -0.39 is 11.9 Å². The van der Waals surface area contributed by atoms with Crippen LogP contribution in [-0.4, -0.2) is 46.5 Å². The molecular formula is C21H20N4O5. The number of fused-ring (bicyclic) bond motifs is 1. The van der Waals surface area contributed by atoms with E-state index in [-0.39, 0.29) is 12.6 Å². The molecule has 0 radical (unpaired) electrons. The van der Waals surface area contributed by atoms with E-state index in [2.05, 4.69) is 15.4 Å². The summed E-state index contributed by atoms with van der Waals surface area (Å²) in [5.74, 6) is 0.361. The van der Waals surface area contributed by atoms with E-state index in [1.807, 2.05) is 25.1 Å². The van der Waals surface area contributed by atoms with Gasteiger partial charge in [-0.2, -0.15) is 5.10 Å². The van der Waals surface area contributed by atoms with E-state index in [1.165, 1.54) is 6.33 Å². The van der Waals surface area contributed by atoms with E-state index in [9.17, 15) is 9.59 Å². The van der Waals surface area contributed by atoms with Crippen LogP contribution in [0.1, 0.15) is 28.9 Å². The van der Waals surface area contributed by atoms with Gasteiger partial charge in [-0.3, -0.25) is 4.79 Å². The molecule has 1 amide bonds. The number of carbonyl (C=O) groups is 2. The normalized spacial score (nSPS) is 13.4. The minimum atomic E-state index is -0.581. The zero-order valence-corrected chi connectivity index (χ0v) is 16.3. The van der Waals surface area contributed by atoms with Gasteiger partial charge in [0.05, 0.1) is 17.3 Å². The molecule has 154 valence electrons. The summed E-state index contributed by atoms with van der Waals surface area (Å²) >= 11 is 0. The summed E-state index contributed by atoms with van der Waals surface area (Å²) in [4.78, 5) is 28.3. The van der Waals surface area contributed by atoms with Gasteiger partial charge in [0, 0.05) is 0 Å². The van der Waals surface area contributed by atoms with Crippen molar-refractivity contribution in [2.75, 3.05) is 19.8 Å². The number of hydrogen-bond donors (Lipinski definition) is 1. The van der Waals surface area contributed by atoms with Crippen LogP contribution in [0.3, 0.4) is 0 Å². The Labute approximate surface area is 172 Å². The van der Waals surface area contributed by atoms with Crippen molar-refractivity contribution in [1.82, 2.24) is 20.1 Å². The summed E-state index contributed by atoms with van der Waals surface area (Å²) in [5.41, 5.74) is 1.96. The molecular weight excluding hydrogens is 388 g/mol. The van der Waals surface area contributed by atoms with Crippen LogP contribution in [0.2, 0.25) is 0 Å². The highest BCUT2D eigenvalue weighted by molar-refractivity contribution is 5.91. The van der Waals surface area contributed by atoms with Gasteiger partial charge in [0.2, 0.25) is 0 Å². The Morgan fingerprint density at radius 1 is 1.13 bits per heavy atom. The molecule has 4 rings (SSSR count). The first-order valence-electron chi connectivity index (χ1n) is 9.41.